The first-order chi connectivity index (χ1) is 16.0. The van der Waals surface area contributed by atoms with Gasteiger partial charge in [-0.1, -0.05) is 19.1 Å². The number of aliphatic hydroxyl groups is 1. The highest BCUT2D eigenvalue weighted by molar-refractivity contribution is 5.84. The van der Waals surface area contributed by atoms with Crippen molar-refractivity contribution in [1.82, 2.24) is 10.2 Å². The second kappa shape index (κ2) is 12.4. The van der Waals surface area contributed by atoms with Gasteiger partial charge in [-0.3, -0.25) is 14.5 Å². The third kappa shape index (κ3) is 9.16. The number of allylic oxidation sites excluding steroid dienone is 1. The zero-order valence-electron chi connectivity index (χ0n) is 22.4. The standard InChI is InChI=1S/C25H42N2O8/c1-10-12-16-13-18(22(31)34-24(4,5)6)27(23(32)35-25(7,8)9)20(16)17(11-2)21(30)33-19(14-28)26-15(3)29/h10,12,16-20,28H,11,13-14H2,1-9H3,(H,26,29)/t16-,17?,18-,19?,20-/m1/s1. The molecule has 1 aliphatic rings. The fourth-order valence-electron chi connectivity index (χ4n) is 4.11. The van der Waals surface area contributed by atoms with Gasteiger partial charge in [-0.05, 0) is 61.3 Å². The van der Waals surface area contributed by atoms with Gasteiger partial charge in [0.2, 0.25) is 5.91 Å². The van der Waals surface area contributed by atoms with Crippen LogP contribution in [0.4, 0.5) is 4.79 Å². The minimum absolute atomic E-state index is 0.238. The van der Waals surface area contributed by atoms with Crippen molar-refractivity contribution in [2.75, 3.05) is 6.61 Å². The molecule has 0 aliphatic carbocycles. The predicted molar refractivity (Wildman–Crippen MR) is 129 cm³/mol. The van der Waals surface area contributed by atoms with Crippen molar-refractivity contribution < 1.29 is 38.5 Å². The molecule has 0 bridgehead atoms. The Balaban J connectivity index is 3.47. The van der Waals surface area contributed by atoms with E-state index in [0.29, 0.717) is 0 Å². The normalized spacial score (nSPS) is 22.5. The molecule has 10 nitrogen and oxygen atoms in total. The Bertz CT molecular complexity index is 796. The Labute approximate surface area is 208 Å². The SMILES string of the molecule is CC=C[C@@H]1C[C@H](C(=O)OC(C)(C)C)N(C(=O)OC(C)(C)C)[C@H]1C(CC)C(=O)OC(CO)NC(C)=O. The van der Waals surface area contributed by atoms with E-state index in [1.807, 2.05) is 13.0 Å². The van der Waals surface area contributed by atoms with Gasteiger partial charge in [-0.25, -0.2) is 9.59 Å². The van der Waals surface area contributed by atoms with E-state index in [-0.39, 0.29) is 18.8 Å². The van der Waals surface area contributed by atoms with Crippen LogP contribution >= 0.6 is 0 Å². The number of aliphatic hydroxyl groups excluding tert-OH is 1. The highest BCUT2D eigenvalue weighted by Gasteiger charge is 2.53. The largest absolute Gasteiger partial charge is 0.458 e. The summed E-state index contributed by atoms with van der Waals surface area (Å²) in [5, 5.41) is 11.9. The van der Waals surface area contributed by atoms with Crippen molar-refractivity contribution in [1.29, 1.82) is 0 Å². The van der Waals surface area contributed by atoms with E-state index in [1.54, 1.807) is 54.5 Å². The van der Waals surface area contributed by atoms with Gasteiger partial charge in [-0.2, -0.15) is 0 Å². The minimum atomic E-state index is -1.23. The number of ether oxygens (including phenoxy) is 3. The van der Waals surface area contributed by atoms with Gasteiger partial charge in [-0.15, -0.1) is 0 Å². The molecule has 0 radical (unpaired) electrons. The number of carbonyl (C=O) groups excluding carboxylic acids is 4. The fraction of sp³-hybridized carbons (Fsp3) is 0.760. The van der Waals surface area contributed by atoms with Gasteiger partial charge in [0.05, 0.1) is 18.6 Å². The van der Waals surface area contributed by atoms with Crippen molar-refractivity contribution in [3.8, 4) is 0 Å². The molecule has 1 aliphatic heterocycles. The van der Waals surface area contributed by atoms with Crippen LogP contribution in [0.5, 0.6) is 0 Å². The number of likely N-dealkylation sites (tertiary alicyclic amines) is 1. The minimum Gasteiger partial charge on any atom is -0.458 e. The van der Waals surface area contributed by atoms with Crippen LogP contribution in [0.15, 0.2) is 12.2 Å². The van der Waals surface area contributed by atoms with E-state index in [1.165, 1.54) is 11.8 Å². The number of esters is 2. The van der Waals surface area contributed by atoms with Gasteiger partial charge in [0.25, 0.3) is 0 Å². The molecule has 2 unspecified atom stereocenters. The lowest BCUT2D eigenvalue weighted by atomic mass is 9.86. The predicted octanol–water partition coefficient (Wildman–Crippen LogP) is 2.92. The smallest absolute Gasteiger partial charge is 0.411 e. The quantitative estimate of drug-likeness (QED) is 0.226. The second-order valence-corrected chi connectivity index (χ2v) is 10.7. The van der Waals surface area contributed by atoms with E-state index in [0.717, 1.165) is 0 Å². The van der Waals surface area contributed by atoms with Gasteiger partial charge >= 0.3 is 18.0 Å². The molecule has 5 atom stereocenters. The van der Waals surface area contributed by atoms with E-state index in [4.69, 9.17) is 14.2 Å². The zero-order chi connectivity index (χ0) is 27.1. The molecule has 2 amide bonds. The lowest BCUT2D eigenvalue weighted by Crippen LogP contribution is -2.53. The van der Waals surface area contributed by atoms with Crippen LogP contribution in [0.3, 0.4) is 0 Å². The van der Waals surface area contributed by atoms with Crippen LogP contribution in [-0.2, 0) is 28.6 Å². The third-order valence-electron chi connectivity index (χ3n) is 5.26. The molecule has 35 heavy (non-hydrogen) atoms. The van der Waals surface area contributed by atoms with Crippen molar-refractivity contribution in [2.45, 2.75) is 105 Å². The number of rotatable bonds is 8. The highest BCUT2D eigenvalue weighted by Crippen LogP contribution is 2.39. The Morgan fingerprint density at radius 3 is 2.09 bits per heavy atom. The first kappa shape index (κ1) is 30.4. The van der Waals surface area contributed by atoms with Gasteiger partial charge in [0, 0.05) is 12.8 Å². The van der Waals surface area contributed by atoms with Crippen LogP contribution in [-0.4, -0.2) is 70.1 Å². The van der Waals surface area contributed by atoms with Gasteiger partial charge < -0.3 is 24.6 Å². The topological polar surface area (TPSA) is 131 Å². The maximum Gasteiger partial charge on any atom is 0.411 e. The Hall–Kier alpha value is -2.62. The molecule has 2 N–H and O–H groups in total. The summed E-state index contributed by atoms with van der Waals surface area (Å²) in [5.74, 6) is -3.00. The summed E-state index contributed by atoms with van der Waals surface area (Å²) in [5.41, 5.74) is -1.62. The van der Waals surface area contributed by atoms with Gasteiger partial charge in [0.1, 0.15) is 17.2 Å². The summed E-state index contributed by atoms with van der Waals surface area (Å²) in [6, 6.07) is -1.74. The number of nitrogens with one attached hydrogen (secondary N) is 1. The van der Waals surface area contributed by atoms with Crippen LogP contribution in [0.25, 0.3) is 0 Å². The number of amides is 2. The van der Waals surface area contributed by atoms with Crippen LogP contribution in [0.1, 0.15) is 75.2 Å². The number of nitrogens with zero attached hydrogens (tertiary/aromatic N) is 1. The summed E-state index contributed by atoms with van der Waals surface area (Å²) in [7, 11) is 0. The van der Waals surface area contributed by atoms with Crippen molar-refractivity contribution >= 4 is 23.9 Å². The molecule has 1 fully saturated rings. The first-order valence-electron chi connectivity index (χ1n) is 12.0. The molecular weight excluding hydrogens is 456 g/mol. The van der Waals surface area contributed by atoms with Crippen LogP contribution in [0, 0.1) is 11.8 Å². The molecule has 1 rings (SSSR count). The van der Waals surface area contributed by atoms with Crippen LogP contribution < -0.4 is 5.32 Å². The zero-order valence-corrected chi connectivity index (χ0v) is 22.4. The molecule has 200 valence electrons. The summed E-state index contributed by atoms with van der Waals surface area (Å²) in [6.07, 6.45) is 2.19. The molecule has 0 aromatic carbocycles. The Morgan fingerprint density at radius 1 is 1.09 bits per heavy atom. The number of hydrogen-bond acceptors (Lipinski definition) is 8. The summed E-state index contributed by atoms with van der Waals surface area (Å²) < 4.78 is 16.6. The maximum absolute atomic E-state index is 13.4. The third-order valence-corrected chi connectivity index (χ3v) is 5.26. The molecule has 1 heterocycles. The van der Waals surface area contributed by atoms with E-state index in [9.17, 15) is 24.3 Å². The molecule has 0 spiro atoms. The molecule has 0 aromatic heterocycles. The highest BCUT2D eigenvalue weighted by atomic mass is 16.6. The second-order valence-electron chi connectivity index (χ2n) is 10.7. The monoisotopic (exact) mass is 498 g/mol. The number of carbonyl (C=O) groups is 4. The summed E-state index contributed by atoms with van der Waals surface area (Å²) >= 11 is 0. The molecule has 0 saturated carbocycles. The fourth-order valence-corrected chi connectivity index (χ4v) is 4.11. The average Bonchev–Trinajstić information content (AvgIpc) is 3.05. The molecule has 1 saturated heterocycles. The van der Waals surface area contributed by atoms with E-state index >= 15 is 0 Å². The lowest BCUT2D eigenvalue weighted by Gasteiger charge is -2.36. The maximum atomic E-state index is 13.4. The van der Waals surface area contributed by atoms with Gasteiger partial charge in [0.15, 0.2) is 6.23 Å². The van der Waals surface area contributed by atoms with E-state index < -0.39 is 66.0 Å². The summed E-state index contributed by atoms with van der Waals surface area (Å²) in [4.78, 5) is 52.5. The molecule has 0 aromatic rings. The molecule has 10 heteroatoms. The lowest BCUT2D eigenvalue weighted by molar-refractivity contribution is -0.165. The Morgan fingerprint density at radius 2 is 1.66 bits per heavy atom. The number of hydrogen-bond donors (Lipinski definition) is 2. The van der Waals surface area contributed by atoms with Crippen molar-refractivity contribution in [3.05, 3.63) is 12.2 Å². The summed E-state index contributed by atoms with van der Waals surface area (Å²) in [6.45, 7) is 14.6. The van der Waals surface area contributed by atoms with Crippen molar-refractivity contribution in [3.63, 3.8) is 0 Å². The Kier molecular flexibility index (Phi) is 10.8. The van der Waals surface area contributed by atoms with E-state index in [2.05, 4.69) is 5.32 Å². The van der Waals surface area contributed by atoms with Crippen LogP contribution in [0.2, 0.25) is 0 Å². The average molecular weight is 499 g/mol. The van der Waals surface area contributed by atoms with Crippen molar-refractivity contribution in [2.24, 2.45) is 11.8 Å². The first-order valence-corrected chi connectivity index (χ1v) is 12.0. The molecular formula is C25H42N2O8.